The Hall–Kier alpha value is -2.62. The molecule has 1 aromatic heterocycles. The highest BCUT2D eigenvalue weighted by Gasteiger charge is 2.38. The van der Waals surface area contributed by atoms with Crippen LogP contribution in [0.2, 0.25) is 5.15 Å². The third-order valence-corrected chi connectivity index (χ3v) is 3.19. The average Bonchev–Trinajstić information content (AvgIpc) is 2.76. The maximum atomic E-state index is 12.8. The number of non-ortho nitro benzene ring substituents is 1. The fourth-order valence-electron chi connectivity index (χ4n) is 1.67. The molecule has 1 aromatic carbocycles. The second-order valence-corrected chi connectivity index (χ2v) is 4.71. The molecule has 0 amide bonds. The van der Waals surface area contributed by atoms with Crippen LogP contribution in [0.4, 0.5) is 24.5 Å². The van der Waals surface area contributed by atoms with E-state index in [1.807, 2.05) is 0 Å². The van der Waals surface area contributed by atoms with Crippen molar-refractivity contribution < 1.29 is 18.1 Å². The summed E-state index contributed by atoms with van der Waals surface area (Å²) in [5, 5.41) is 17.2. The molecule has 0 unspecified atom stereocenters. The van der Waals surface area contributed by atoms with Crippen molar-refractivity contribution in [1.82, 2.24) is 9.78 Å². The van der Waals surface area contributed by atoms with Gasteiger partial charge >= 0.3 is 6.18 Å². The molecule has 0 saturated heterocycles. The lowest BCUT2D eigenvalue weighted by Gasteiger charge is -2.03. The lowest BCUT2D eigenvalue weighted by molar-refractivity contribution is -0.384. The molecule has 7 nitrogen and oxygen atoms in total. The van der Waals surface area contributed by atoms with Gasteiger partial charge in [0.2, 0.25) is 0 Å². The summed E-state index contributed by atoms with van der Waals surface area (Å²) in [6, 6.07) is 5.20. The lowest BCUT2D eigenvalue weighted by Crippen LogP contribution is -2.09. The molecule has 1 heterocycles. The van der Waals surface area contributed by atoms with Crippen LogP contribution in [0.3, 0.4) is 0 Å². The number of nitro groups is 1. The van der Waals surface area contributed by atoms with E-state index in [2.05, 4.69) is 15.6 Å². The first-order chi connectivity index (χ1) is 10.7. The first-order valence-electron chi connectivity index (χ1n) is 6.03. The van der Waals surface area contributed by atoms with Crippen LogP contribution in [-0.2, 0) is 13.2 Å². The van der Waals surface area contributed by atoms with Gasteiger partial charge in [0.1, 0.15) is 5.15 Å². The SMILES string of the molecule is Cn1nc(C(F)(F)F)c(C=NNc2ccc([N+](=O)[O-])cc2)c1Cl. The van der Waals surface area contributed by atoms with Crippen LogP contribution in [0.25, 0.3) is 0 Å². The van der Waals surface area contributed by atoms with E-state index < -0.39 is 16.8 Å². The second-order valence-electron chi connectivity index (χ2n) is 4.35. The fourth-order valence-corrected chi connectivity index (χ4v) is 1.85. The zero-order valence-corrected chi connectivity index (χ0v) is 12.3. The number of hydrogen-bond acceptors (Lipinski definition) is 5. The summed E-state index contributed by atoms with van der Waals surface area (Å²) < 4.78 is 39.4. The van der Waals surface area contributed by atoms with Crippen molar-refractivity contribution >= 4 is 29.2 Å². The van der Waals surface area contributed by atoms with Gasteiger partial charge in [-0.1, -0.05) is 11.6 Å². The van der Waals surface area contributed by atoms with E-state index in [1.165, 1.54) is 31.3 Å². The lowest BCUT2D eigenvalue weighted by atomic mass is 10.2. The van der Waals surface area contributed by atoms with E-state index in [9.17, 15) is 23.3 Å². The molecule has 2 aromatic rings. The van der Waals surface area contributed by atoms with Gasteiger partial charge in [0.25, 0.3) is 5.69 Å². The van der Waals surface area contributed by atoms with E-state index >= 15 is 0 Å². The van der Waals surface area contributed by atoms with Gasteiger partial charge in [-0.2, -0.15) is 23.4 Å². The zero-order valence-electron chi connectivity index (χ0n) is 11.5. The van der Waals surface area contributed by atoms with E-state index in [0.29, 0.717) is 5.69 Å². The monoisotopic (exact) mass is 347 g/mol. The number of nitrogens with zero attached hydrogens (tertiary/aromatic N) is 4. The normalized spacial score (nSPS) is 11.9. The van der Waals surface area contributed by atoms with Crippen LogP contribution < -0.4 is 5.43 Å². The molecule has 11 heteroatoms. The van der Waals surface area contributed by atoms with Crippen LogP contribution in [0, 0.1) is 10.1 Å². The highest BCUT2D eigenvalue weighted by atomic mass is 35.5. The minimum Gasteiger partial charge on any atom is -0.278 e. The molecular formula is C12H9ClF3N5O2. The van der Waals surface area contributed by atoms with Crippen LogP contribution in [0.5, 0.6) is 0 Å². The minimum atomic E-state index is -4.67. The van der Waals surface area contributed by atoms with Gasteiger partial charge in [-0.3, -0.25) is 20.2 Å². The fraction of sp³-hybridized carbons (Fsp3) is 0.167. The number of anilines is 1. The topological polar surface area (TPSA) is 85.3 Å². The van der Waals surface area contributed by atoms with Crippen molar-refractivity contribution in [2.24, 2.45) is 12.1 Å². The Morgan fingerprint density at radius 1 is 1.39 bits per heavy atom. The largest absolute Gasteiger partial charge is 0.435 e. The van der Waals surface area contributed by atoms with E-state index in [0.717, 1.165) is 10.9 Å². The summed E-state index contributed by atoms with van der Waals surface area (Å²) >= 11 is 5.76. The number of aryl methyl sites for hydroxylation is 1. The van der Waals surface area contributed by atoms with E-state index in [4.69, 9.17) is 11.6 Å². The van der Waals surface area contributed by atoms with Gasteiger partial charge in [0.15, 0.2) is 5.69 Å². The number of nitro benzene ring substituents is 1. The summed E-state index contributed by atoms with van der Waals surface area (Å²) in [7, 11) is 1.28. The molecule has 0 aliphatic heterocycles. The predicted molar refractivity (Wildman–Crippen MR) is 77.5 cm³/mol. The van der Waals surface area contributed by atoms with Gasteiger partial charge in [-0.25, -0.2) is 0 Å². The number of nitrogens with one attached hydrogen (secondary N) is 1. The molecule has 0 radical (unpaired) electrons. The summed E-state index contributed by atoms with van der Waals surface area (Å²) in [6.45, 7) is 0. The second kappa shape index (κ2) is 6.24. The molecule has 0 spiro atoms. The van der Waals surface area contributed by atoms with Crippen molar-refractivity contribution in [1.29, 1.82) is 0 Å². The standard InChI is InChI=1S/C12H9ClF3N5O2/c1-20-11(13)9(10(19-20)12(14,15)16)6-17-18-7-2-4-8(5-3-7)21(22)23/h2-6,18H,1H3. The number of alkyl halides is 3. The molecule has 0 aliphatic rings. The predicted octanol–water partition coefficient (Wildman–Crippen LogP) is 3.45. The van der Waals surface area contributed by atoms with E-state index in [1.54, 1.807) is 0 Å². The van der Waals surface area contributed by atoms with Gasteiger partial charge < -0.3 is 0 Å². The number of halogens is 4. The maximum absolute atomic E-state index is 12.8. The van der Waals surface area contributed by atoms with Gasteiger partial charge in [0, 0.05) is 19.2 Å². The molecule has 0 bridgehead atoms. The molecule has 1 N–H and O–H groups in total. The molecule has 2 rings (SSSR count). The van der Waals surface area contributed by atoms with Gasteiger partial charge in [-0.15, -0.1) is 0 Å². The molecule has 0 fully saturated rings. The first-order valence-corrected chi connectivity index (χ1v) is 6.41. The van der Waals surface area contributed by atoms with Crippen molar-refractivity contribution in [3.8, 4) is 0 Å². The van der Waals surface area contributed by atoms with E-state index in [-0.39, 0.29) is 16.4 Å². The Balaban J connectivity index is 2.19. The molecular weight excluding hydrogens is 339 g/mol. The molecule has 0 atom stereocenters. The van der Waals surface area contributed by atoms with Crippen molar-refractivity contribution in [2.75, 3.05) is 5.43 Å². The maximum Gasteiger partial charge on any atom is 0.435 e. The summed E-state index contributed by atoms with van der Waals surface area (Å²) in [6.07, 6.45) is -3.78. The number of hydrazone groups is 1. The van der Waals surface area contributed by atoms with Crippen molar-refractivity contribution in [3.63, 3.8) is 0 Å². The zero-order chi connectivity index (χ0) is 17.2. The van der Waals surface area contributed by atoms with Crippen molar-refractivity contribution in [3.05, 3.63) is 50.8 Å². The minimum absolute atomic E-state index is 0.116. The third-order valence-electron chi connectivity index (χ3n) is 2.75. The molecule has 122 valence electrons. The Kier molecular flexibility index (Phi) is 4.55. The van der Waals surface area contributed by atoms with Crippen LogP contribution in [0.1, 0.15) is 11.3 Å². The highest BCUT2D eigenvalue weighted by Crippen LogP contribution is 2.33. The number of rotatable bonds is 4. The highest BCUT2D eigenvalue weighted by molar-refractivity contribution is 6.32. The van der Waals surface area contributed by atoms with Gasteiger partial charge in [-0.05, 0) is 12.1 Å². The Morgan fingerprint density at radius 3 is 2.52 bits per heavy atom. The van der Waals surface area contributed by atoms with Gasteiger partial charge in [0.05, 0.1) is 22.4 Å². The quantitative estimate of drug-likeness (QED) is 0.521. The Labute approximate surface area is 132 Å². The summed E-state index contributed by atoms with van der Waals surface area (Å²) in [5.74, 6) is 0. The first kappa shape index (κ1) is 16.7. The third kappa shape index (κ3) is 3.77. The number of hydrogen-bond donors (Lipinski definition) is 1. The van der Waals surface area contributed by atoms with Crippen LogP contribution in [0.15, 0.2) is 29.4 Å². The summed E-state index contributed by atoms with van der Waals surface area (Å²) in [4.78, 5) is 9.94. The summed E-state index contributed by atoms with van der Waals surface area (Å²) in [5.41, 5.74) is 1.17. The molecule has 0 aliphatic carbocycles. The molecule has 23 heavy (non-hydrogen) atoms. The van der Waals surface area contributed by atoms with Crippen LogP contribution in [-0.4, -0.2) is 20.9 Å². The van der Waals surface area contributed by atoms with Crippen LogP contribution >= 0.6 is 11.6 Å². The number of benzene rings is 1. The molecule has 0 saturated carbocycles. The number of aromatic nitrogens is 2. The Bertz CT molecular complexity index is 755. The Morgan fingerprint density at radius 2 is 2.00 bits per heavy atom. The van der Waals surface area contributed by atoms with Crippen molar-refractivity contribution in [2.45, 2.75) is 6.18 Å². The smallest absolute Gasteiger partial charge is 0.278 e. The average molecular weight is 348 g/mol.